The van der Waals surface area contributed by atoms with E-state index in [1.165, 1.54) is 5.56 Å². The topological polar surface area (TPSA) is 46.3 Å². The quantitative estimate of drug-likeness (QED) is 0.663. The van der Waals surface area contributed by atoms with Gasteiger partial charge in [0.15, 0.2) is 0 Å². The number of para-hydroxylation sites is 1. The molecule has 0 aromatic heterocycles. The third-order valence-electron chi connectivity index (χ3n) is 2.48. The first-order chi connectivity index (χ1) is 6.79. The fraction of sp³-hybridized carbons (Fsp3) is 0.273. The molecular weight excluding hydrogens is 176 g/mol. The number of nitrogens with two attached hydrogens (primary N) is 1. The molecule has 0 saturated heterocycles. The molecule has 1 aromatic carbocycles. The Labute approximate surface area is 83.5 Å². The predicted molar refractivity (Wildman–Crippen MR) is 56.0 cm³/mol. The van der Waals surface area contributed by atoms with Crippen LogP contribution in [0.3, 0.4) is 0 Å². The molecule has 0 atom stereocenters. The van der Waals surface area contributed by atoms with Gasteiger partial charge >= 0.3 is 6.03 Å². The van der Waals surface area contributed by atoms with E-state index in [1.54, 1.807) is 4.90 Å². The second-order valence-corrected chi connectivity index (χ2v) is 3.40. The molecule has 1 aliphatic heterocycles. The van der Waals surface area contributed by atoms with Crippen molar-refractivity contribution in [3.63, 3.8) is 0 Å². The van der Waals surface area contributed by atoms with E-state index in [-0.39, 0.29) is 6.03 Å². The van der Waals surface area contributed by atoms with Crippen LogP contribution in [0.4, 0.5) is 10.5 Å². The lowest BCUT2D eigenvalue weighted by molar-refractivity contribution is 0.254. The number of fused-ring (bicyclic) bond motifs is 1. The minimum Gasteiger partial charge on any atom is -0.351 e. The Hall–Kier alpha value is -1.51. The van der Waals surface area contributed by atoms with Crippen molar-refractivity contribution >= 4 is 11.7 Å². The van der Waals surface area contributed by atoms with E-state index < -0.39 is 0 Å². The van der Waals surface area contributed by atoms with Crippen LogP contribution >= 0.6 is 0 Å². The zero-order chi connectivity index (χ0) is 9.97. The molecule has 3 heteroatoms. The summed E-state index contributed by atoms with van der Waals surface area (Å²) in [4.78, 5) is 12.8. The number of primary amides is 1. The summed E-state index contributed by atoms with van der Waals surface area (Å²) in [5.41, 5.74) is 7.47. The van der Waals surface area contributed by atoms with Crippen LogP contribution < -0.4 is 10.6 Å². The van der Waals surface area contributed by atoms with Crippen LogP contribution in [-0.2, 0) is 6.42 Å². The van der Waals surface area contributed by atoms with Crippen LogP contribution in [-0.4, -0.2) is 12.6 Å². The van der Waals surface area contributed by atoms with Crippen LogP contribution in [0.5, 0.6) is 0 Å². The van der Waals surface area contributed by atoms with E-state index in [9.17, 15) is 4.79 Å². The highest BCUT2D eigenvalue weighted by atomic mass is 16.2. The minimum atomic E-state index is -0.379. The third-order valence-corrected chi connectivity index (χ3v) is 2.48. The molecule has 2 rings (SSSR count). The molecule has 1 radical (unpaired) electrons. The smallest absolute Gasteiger partial charge is 0.319 e. The third kappa shape index (κ3) is 1.58. The van der Waals surface area contributed by atoms with Gasteiger partial charge in [0.1, 0.15) is 0 Å². The van der Waals surface area contributed by atoms with E-state index in [0.29, 0.717) is 6.54 Å². The highest BCUT2D eigenvalue weighted by Gasteiger charge is 2.17. The van der Waals surface area contributed by atoms with Crippen molar-refractivity contribution < 1.29 is 4.79 Å². The van der Waals surface area contributed by atoms with Crippen molar-refractivity contribution in [1.82, 2.24) is 0 Å². The number of rotatable bonds is 0. The number of amides is 2. The van der Waals surface area contributed by atoms with Crippen LogP contribution in [0.25, 0.3) is 0 Å². The van der Waals surface area contributed by atoms with Crippen LogP contribution in [0, 0.1) is 6.42 Å². The number of carbonyl (C=O) groups is 1. The molecule has 0 saturated carbocycles. The average Bonchev–Trinajstić information content (AvgIpc) is 2.39. The second kappa shape index (κ2) is 3.70. The van der Waals surface area contributed by atoms with Gasteiger partial charge in [0.25, 0.3) is 0 Å². The first-order valence-corrected chi connectivity index (χ1v) is 4.75. The summed E-state index contributed by atoms with van der Waals surface area (Å²) >= 11 is 0. The summed E-state index contributed by atoms with van der Waals surface area (Å²) in [6.45, 7) is 0.617. The van der Waals surface area contributed by atoms with Crippen LogP contribution in [0.1, 0.15) is 12.0 Å². The van der Waals surface area contributed by atoms with Gasteiger partial charge in [-0.3, -0.25) is 4.90 Å². The Morgan fingerprint density at radius 3 is 2.93 bits per heavy atom. The standard InChI is InChI=1S/C11H13N2O/c12-11(14)13-8-4-3-6-9-5-1-2-7-10(9)13/h1-2,4-5,7H,3,6,8H2,(H2,12,14). The fourth-order valence-corrected chi connectivity index (χ4v) is 1.77. The molecule has 1 aromatic rings. The number of hydrogen-bond donors (Lipinski definition) is 1. The number of urea groups is 1. The van der Waals surface area contributed by atoms with Gasteiger partial charge in [-0.05, 0) is 30.9 Å². The van der Waals surface area contributed by atoms with E-state index in [1.807, 2.05) is 24.3 Å². The number of hydrogen-bond acceptors (Lipinski definition) is 1. The van der Waals surface area contributed by atoms with Gasteiger partial charge in [0.05, 0.1) is 0 Å². The fourth-order valence-electron chi connectivity index (χ4n) is 1.77. The van der Waals surface area contributed by atoms with Gasteiger partial charge < -0.3 is 5.73 Å². The maximum Gasteiger partial charge on any atom is 0.319 e. The number of aryl methyl sites for hydroxylation is 1. The van der Waals surface area contributed by atoms with Gasteiger partial charge in [0.2, 0.25) is 0 Å². The summed E-state index contributed by atoms with van der Waals surface area (Å²) in [6.07, 6.45) is 4.07. The Morgan fingerprint density at radius 2 is 2.14 bits per heavy atom. The van der Waals surface area contributed by atoms with Crippen LogP contribution in [0.2, 0.25) is 0 Å². The summed E-state index contributed by atoms with van der Waals surface area (Å²) in [5.74, 6) is 0. The van der Waals surface area contributed by atoms with Gasteiger partial charge in [0, 0.05) is 12.2 Å². The lowest BCUT2D eigenvalue weighted by Gasteiger charge is -2.19. The largest absolute Gasteiger partial charge is 0.351 e. The molecule has 0 fully saturated rings. The monoisotopic (exact) mass is 189 g/mol. The van der Waals surface area contributed by atoms with Crippen molar-refractivity contribution in [1.29, 1.82) is 0 Å². The molecule has 73 valence electrons. The van der Waals surface area contributed by atoms with Gasteiger partial charge in [-0.1, -0.05) is 18.2 Å². The molecule has 14 heavy (non-hydrogen) atoms. The highest BCUT2D eigenvalue weighted by molar-refractivity contribution is 5.91. The Bertz CT molecular complexity index is 349. The predicted octanol–water partition coefficient (Wildman–Crippen LogP) is 1.72. The Kier molecular flexibility index (Phi) is 2.39. The molecular formula is C11H13N2O. The molecule has 0 bridgehead atoms. The second-order valence-electron chi connectivity index (χ2n) is 3.40. The first kappa shape index (κ1) is 9.06. The lowest BCUT2D eigenvalue weighted by atomic mass is 10.1. The summed E-state index contributed by atoms with van der Waals surface area (Å²) < 4.78 is 0. The Balaban J connectivity index is 2.42. The lowest BCUT2D eigenvalue weighted by Crippen LogP contribution is -2.36. The van der Waals surface area contributed by atoms with Crippen LogP contribution in [0.15, 0.2) is 24.3 Å². The zero-order valence-corrected chi connectivity index (χ0v) is 7.94. The summed E-state index contributed by atoms with van der Waals surface area (Å²) in [5, 5.41) is 0. The minimum absolute atomic E-state index is 0.379. The zero-order valence-electron chi connectivity index (χ0n) is 7.94. The molecule has 2 N–H and O–H groups in total. The molecule has 3 nitrogen and oxygen atoms in total. The summed E-state index contributed by atoms with van der Waals surface area (Å²) in [7, 11) is 0. The summed E-state index contributed by atoms with van der Waals surface area (Å²) in [6, 6.07) is 7.53. The van der Waals surface area contributed by atoms with E-state index in [0.717, 1.165) is 18.5 Å². The molecule has 0 spiro atoms. The first-order valence-electron chi connectivity index (χ1n) is 4.75. The maximum absolute atomic E-state index is 11.2. The number of benzene rings is 1. The number of anilines is 1. The van der Waals surface area contributed by atoms with Crippen molar-refractivity contribution in [3.8, 4) is 0 Å². The van der Waals surface area contributed by atoms with Gasteiger partial charge in [-0.15, -0.1) is 0 Å². The van der Waals surface area contributed by atoms with Crippen molar-refractivity contribution in [2.45, 2.75) is 12.8 Å². The van der Waals surface area contributed by atoms with E-state index >= 15 is 0 Å². The normalized spacial score (nSPS) is 15.9. The average molecular weight is 189 g/mol. The molecule has 1 aliphatic rings. The molecule has 2 amide bonds. The van der Waals surface area contributed by atoms with Crippen molar-refractivity contribution in [2.24, 2.45) is 5.73 Å². The van der Waals surface area contributed by atoms with Gasteiger partial charge in [-0.25, -0.2) is 4.79 Å². The molecule has 1 heterocycles. The SMILES string of the molecule is NC(=O)N1C[CH]CCc2ccccc21. The van der Waals surface area contributed by atoms with Gasteiger partial charge in [-0.2, -0.15) is 0 Å². The number of nitrogens with zero attached hydrogens (tertiary/aromatic N) is 1. The van der Waals surface area contributed by atoms with Crippen molar-refractivity contribution in [2.75, 3.05) is 11.4 Å². The maximum atomic E-state index is 11.2. The molecule has 0 unspecified atom stereocenters. The van der Waals surface area contributed by atoms with Crippen molar-refractivity contribution in [3.05, 3.63) is 36.2 Å². The number of carbonyl (C=O) groups excluding carboxylic acids is 1. The van der Waals surface area contributed by atoms with E-state index in [4.69, 9.17) is 5.73 Å². The van der Waals surface area contributed by atoms with E-state index in [2.05, 4.69) is 6.42 Å². The Morgan fingerprint density at radius 1 is 1.36 bits per heavy atom. The highest BCUT2D eigenvalue weighted by Crippen LogP contribution is 2.25. The molecule has 0 aliphatic carbocycles.